The lowest BCUT2D eigenvalue weighted by Gasteiger charge is -2.33. The average Bonchev–Trinajstić information content (AvgIpc) is 2.38. The van der Waals surface area contributed by atoms with Crippen molar-refractivity contribution in [1.82, 2.24) is 14.7 Å². The summed E-state index contributed by atoms with van der Waals surface area (Å²) in [5.41, 5.74) is 0.968. The molecule has 0 bridgehead atoms. The molecule has 1 aliphatic heterocycles. The number of sulfonamides is 1. The van der Waals surface area contributed by atoms with Crippen molar-refractivity contribution in [3.63, 3.8) is 0 Å². The minimum atomic E-state index is -3.08. The number of hydrogen-bond acceptors (Lipinski definition) is 5. The van der Waals surface area contributed by atoms with Crippen LogP contribution in [0.3, 0.4) is 0 Å². The van der Waals surface area contributed by atoms with E-state index in [-0.39, 0.29) is 0 Å². The molecule has 7 heteroatoms. The summed E-state index contributed by atoms with van der Waals surface area (Å²) in [6, 6.07) is 2.00. The number of hydrogen-bond donors (Lipinski definition) is 1. The Labute approximate surface area is 120 Å². The van der Waals surface area contributed by atoms with Gasteiger partial charge in [-0.05, 0) is 32.1 Å². The molecule has 0 aromatic carbocycles. The maximum Gasteiger partial charge on any atom is 0.208 e. The Bertz CT molecular complexity index is 547. The Morgan fingerprint density at radius 1 is 1.45 bits per heavy atom. The second-order valence-corrected chi connectivity index (χ2v) is 7.26. The molecule has 0 aliphatic carbocycles. The Balaban J connectivity index is 1.88. The van der Waals surface area contributed by atoms with E-state index >= 15 is 0 Å². The number of anilines is 1. The van der Waals surface area contributed by atoms with E-state index in [1.54, 1.807) is 6.33 Å². The second kappa shape index (κ2) is 6.49. The lowest BCUT2D eigenvalue weighted by Crippen LogP contribution is -2.37. The van der Waals surface area contributed by atoms with Crippen molar-refractivity contribution in [2.24, 2.45) is 5.92 Å². The van der Waals surface area contributed by atoms with Crippen molar-refractivity contribution >= 4 is 15.8 Å². The first-order valence-corrected chi connectivity index (χ1v) is 8.81. The fraction of sp³-hybridized carbons (Fsp3) is 0.692. The zero-order valence-corrected chi connectivity index (χ0v) is 12.9. The molecule has 0 radical (unpaired) electrons. The van der Waals surface area contributed by atoms with Crippen LogP contribution in [0.5, 0.6) is 0 Å². The fourth-order valence-corrected chi connectivity index (χ4v) is 3.06. The van der Waals surface area contributed by atoms with Gasteiger partial charge >= 0.3 is 0 Å². The third-order valence-electron chi connectivity index (χ3n) is 3.55. The van der Waals surface area contributed by atoms with Crippen LogP contribution in [0.15, 0.2) is 12.4 Å². The minimum absolute atomic E-state index is 0.508. The van der Waals surface area contributed by atoms with E-state index in [1.807, 2.05) is 13.0 Å². The van der Waals surface area contributed by atoms with Crippen LogP contribution in [0, 0.1) is 12.8 Å². The van der Waals surface area contributed by atoms with Crippen LogP contribution in [0.25, 0.3) is 0 Å². The van der Waals surface area contributed by atoms with E-state index < -0.39 is 10.0 Å². The Kier molecular flexibility index (Phi) is 4.93. The molecular formula is C13H22N4O2S. The highest BCUT2D eigenvalue weighted by Gasteiger charge is 2.21. The van der Waals surface area contributed by atoms with Gasteiger partial charge in [0.1, 0.15) is 12.1 Å². The van der Waals surface area contributed by atoms with E-state index in [0.717, 1.165) is 43.9 Å². The van der Waals surface area contributed by atoms with Crippen LogP contribution in [0.4, 0.5) is 5.82 Å². The highest BCUT2D eigenvalue weighted by molar-refractivity contribution is 7.88. The van der Waals surface area contributed by atoms with E-state index in [0.29, 0.717) is 12.5 Å². The summed E-state index contributed by atoms with van der Waals surface area (Å²) in [7, 11) is -3.08. The molecular weight excluding hydrogens is 276 g/mol. The molecule has 1 atom stereocenters. The highest BCUT2D eigenvalue weighted by Crippen LogP contribution is 2.23. The lowest BCUT2D eigenvalue weighted by molar-refractivity contribution is 0.390. The smallest absolute Gasteiger partial charge is 0.208 e. The molecule has 1 fully saturated rings. The fourth-order valence-electron chi connectivity index (χ4n) is 2.57. The molecule has 112 valence electrons. The van der Waals surface area contributed by atoms with Crippen LogP contribution >= 0.6 is 0 Å². The molecule has 0 unspecified atom stereocenters. The third kappa shape index (κ3) is 4.72. The van der Waals surface area contributed by atoms with Gasteiger partial charge in [-0.15, -0.1) is 0 Å². The Morgan fingerprint density at radius 2 is 2.25 bits per heavy atom. The normalized spacial score (nSPS) is 20.1. The number of nitrogens with one attached hydrogen (secondary N) is 1. The maximum absolute atomic E-state index is 11.1. The number of aromatic nitrogens is 2. The quantitative estimate of drug-likeness (QED) is 0.875. The third-order valence-corrected chi connectivity index (χ3v) is 4.28. The van der Waals surface area contributed by atoms with Crippen molar-refractivity contribution in [2.45, 2.75) is 26.2 Å². The summed E-state index contributed by atoms with van der Waals surface area (Å²) < 4.78 is 24.7. The standard InChI is InChI=1S/C13H22N4O2S/c1-11-8-13(15-10-14-11)17-7-3-4-12(9-17)5-6-16-20(2,18)19/h8,10,12,16H,3-7,9H2,1-2H3/t12-/m0/s1. The molecule has 1 aromatic heterocycles. The molecule has 0 spiro atoms. The molecule has 0 amide bonds. The molecule has 20 heavy (non-hydrogen) atoms. The predicted octanol–water partition coefficient (Wildman–Crippen LogP) is 0.941. The molecule has 1 N–H and O–H groups in total. The van der Waals surface area contributed by atoms with Gasteiger partial charge in [0, 0.05) is 31.4 Å². The molecule has 2 rings (SSSR count). The largest absolute Gasteiger partial charge is 0.356 e. The zero-order chi connectivity index (χ0) is 14.6. The second-order valence-electron chi connectivity index (χ2n) is 5.43. The van der Waals surface area contributed by atoms with Gasteiger partial charge in [-0.2, -0.15) is 0 Å². The van der Waals surface area contributed by atoms with Gasteiger partial charge in [0.15, 0.2) is 0 Å². The van der Waals surface area contributed by atoms with Gasteiger partial charge in [0.05, 0.1) is 6.26 Å². The van der Waals surface area contributed by atoms with Gasteiger partial charge in [-0.25, -0.2) is 23.1 Å². The predicted molar refractivity (Wildman–Crippen MR) is 79.2 cm³/mol. The minimum Gasteiger partial charge on any atom is -0.356 e. The van der Waals surface area contributed by atoms with Gasteiger partial charge in [0.2, 0.25) is 10.0 Å². The van der Waals surface area contributed by atoms with Crippen molar-refractivity contribution in [3.05, 3.63) is 18.1 Å². The van der Waals surface area contributed by atoms with Gasteiger partial charge in [-0.3, -0.25) is 0 Å². The molecule has 1 aromatic rings. The van der Waals surface area contributed by atoms with Crippen LogP contribution in [0.1, 0.15) is 25.0 Å². The van der Waals surface area contributed by atoms with Gasteiger partial charge in [-0.1, -0.05) is 0 Å². The van der Waals surface area contributed by atoms with Crippen LogP contribution in [0.2, 0.25) is 0 Å². The van der Waals surface area contributed by atoms with Crippen molar-refractivity contribution in [2.75, 3.05) is 30.8 Å². The maximum atomic E-state index is 11.1. The van der Waals surface area contributed by atoms with Crippen molar-refractivity contribution < 1.29 is 8.42 Å². The first-order chi connectivity index (χ1) is 9.44. The number of aryl methyl sites for hydroxylation is 1. The number of nitrogens with zero attached hydrogens (tertiary/aromatic N) is 3. The first kappa shape index (κ1) is 15.2. The summed E-state index contributed by atoms with van der Waals surface area (Å²) >= 11 is 0. The topological polar surface area (TPSA) is 75.2 Å². The Morgan fingerprint density at radius 3 is 2.95 bits per heavy atom. The molecule has 1 aliphatic rings. The molecule has 2 heterocycles. The van der Waals surface area contributed by atoms with Crippen molar-refractivity contribution in [3.8, 4) is 0 Å². The lowest BCUT2D eigenvalue weighted by atomic mass is 9.95. The SMILES string of the molecule is Cc1cc(N2CCC[C@@H](CCNS(C)(=O)=O)C2)ncn1. The van der Waals surface area contributed by atoms with E-state index in [9.17, 15) is 8.42 Å². The summed E-state index contributed by atoms with van der Waals surface area (Å²) in [5, 5.41) is 0. The van der Waals surface area contributed by atoms with Gasteiger partial charge < -0.3 is 4.90 Å². The number of piperidine rings is 1. The van der Waals surface area contributed by atoms with Crippen LogP contribution < -0.4 is 9.62 Å². The van der Waals surface area contributed by atoms with Crippen molar-refractivity contribution in [1.29, 1.82) is 0 Å². The molecule has 6 nitrogen and oxygen atoms in total. The van der Waals surface area contributed by atoms with E-state index in [4.69, 9.17) is 0 Å². The monoisotopic (exact) mass is 298 g/mol. The average molecular weight is 298 g/mol. The van der Waals surface area contributed by atoms with E-state index in [1.165, 1.54) is 6.26 Å². The van der Waals surface area contributed by atoms with Crippen LogP contribution in [-0.2, 0) is 10.0 Å². The number of rotatable bonds is 5. The summed E-state index contributed by atoms with van der Waals surface area (Å²) in [5.74, 6) is 1.48. The van der Waals surface area contributed by atoms with E-state index in [2.05, 4.69) is 19.6 Å². The summed E-state index contributed by atoms with van der Waals surface area (Å²) in [6.45, 7) is 4.41. The molecule has 1 saturated heterocycles. The zero-order valence-electron chi connectivity index (χ0n) is 12.0. The summed E-state index contributed by atoms with van der Waals surface area (Å²) in [6.07, 6.45) is 5.93. The summed E-state index contributed by atoms with van der Waals surface area (Å²) in [4.78, 5) is 10.7. The highest BCUT2D eigenvalue weighted by atomic mass is 32.2. The first-order valence-electron chi connectivity index (χ1n) is 6.92. The van der Waals surface area contributed by atoms with Crippen LogP contribution in [-0.4, -0.2) is 44.3 Å². The molecule has 0 saturated carbocycles. The van der Waals surface area contributed by atoms with Gasteiger partial charge in [0.25, 0.3) is 0 Å². The Hall–Kier alpha value is -1.21.